The highest BCUT2D eigenvalue weighted by atomic mass is 127. The molecule has 178 valence electrons. The Balaban J connectivity index is 0.00000289. The molecule has 3 aliphatic heterocycles. The first-order valence-corrected chi connectivity index (χ1v) is 11.2. The first-order chi connectivity index (χ1) is 14.8. The Morgan fingerprint density at radius 3 is 2.78 bits per heavy atom. The van der Waals surface area contributed by atoms with Gasteiger partial charge in [-0.2, -0.15) is 0 Å². The van der Waals surface area contributed by atoms with Crippen molar-refractivity contribution in [3.63, 3.8) is 0 Å². The first-order valence-electron chi connectivity index (χ1n) is 11.2. The molecule has 3 heterocycles. The van der Waals surface area contributed by atoms with E-state index in [1.165, 1.54) is 5.69 Å². The normalized spacial score (nSPS) is 22.8. The third-order valence-electron chi connectivity index (χ3n) is 6.11. The Labute approximate surface area is 208 Å². The molecule has 8 nitrogen and oxygen atoms in total. The molecule has 1 N–H and O–H groups in total. The zero-order valence-electron chi connectivity index (χ0n) is 19.5. The number of anilines is 1. The highest BCUT2D eigenvalue weighted by Crippen LogP contribution is 2.27. The van der Waals surface area contributed by atoms with Crippen LogP contribution in [-0.2, 0) is 4.74 Å². The number of fused-ring (bicyclic) bond motifs is 1. The van der Waals surface area contributed by atoms with E-state index < -0.39 is 5.60 Å². The number of halogens is 1. The molecule has 4 rings (SSSR count). The summed E-state index contributed by atoms with van der Waals surface area (Å²) >= 11 is 0. The predicted molar refractivity (Wildman–Crippen MR) is 137 cm³/mol. The number of aliphatic imine (C=N–C) groups is 1. The molecule has 2 fully saturated rings. The minimum Gasteiger partial charge on any atom is -0.497 e. The topological polar surface area (TPSA) is 69.6 Å². The summed E-state index contributed by atoms with van der Waals surface area (Å²) in [5.74, 6) is 2.46. The molecule has 0 bridgehead atoms. The van der Waals surface area contributed by atoms with Gasteiger partial charge in [-0.15, -0.1) is 24.0 Å². The van der Waals surface area contributed by atoms with Crippen LogP contribution in [0.15, 0.2) is 29.3 Å². The monoisotopic (exact) mass is 557 g/mol. The van der Waals surface area contributed by atoms with Crippen LogP contribution in [0.2, 0.25) is 0 Å². The molecule has 3 aliphatic rings. The fourth-order valence-electron chi connectivity index (χ4n) is 4.50. The lowest BCUT2D eigenvalue weighted by atomic mass is 10.1. The molecule has 2 unspecified atom stereocenters. The van der Waals surface area contributed by atoms with E-state index in [9.17, 15) is 4.79 Å². The summed E-state index contributed by atoms with van der Waals surface area (Å²) in [5.41, 5.74) is 0.756. The maximum absolute atomic E-state index is 12.4. The number of amides is 1. The van der Waals surface area contributed by atoms with Crippen LogP contribution in [0.1, 0.15) is 27.2 Å². The fourth-order valence-corrected chi connectivity index (χ4v) is 4.50. The highest BCUT2D eigenvalue weighted by molar-refractivity contribution is 14.0. The van der Waals surface area contributed by atoms with Crippen molar-refractivity contribution in [2.45, 2.75) is 38.8 Å². The molecule has 9 heteroatoms. The van der Waals surface area contributed by atoms with Gasteiger partial charge in [0, 0.05) is 51.0 Å². The van der Waals surface area contributed by atoms with E-state index in [0.717, 1.165) is 50.9 Å². The van der Waals surface area contributed by atoms with Crippen LogP contribution >= 0.6 is 24.0 Å². The van der Waals surface area contributed by atoms with Gasteiger partial charge >= 0.3 is 6.09 Å². The van der Waals surface area contributed by atoms with E-state index in [0.29, 0.717) is 19.0 Å². The van der Waals surface area contributed by atoms with E-state index >= 15 is 0 Å². The van der Waals surface area contributed by atoms with E-state index in [1.54, 1.807) is 7.11 Å². The Kier molecular flexibility index (Phi) is 8.00. The number of guanidine groups is 1. The second-order valence-corrected chi connectivity index (χ2v) is 9.62. The van der Waals surface area contributed by atoms with Crippen molar-refractivity contribution in [3.8, 4) is 5.75 Å². The summed E-state index contributed by atoms with van der Waals surface area (Å²) in [6, 6.07) is 8.51. The number of ether oxygens (including phenoxy) is 2. The Hall–Kier alpha value is -1.91. The van der Waals surface area contributed by atoms with Gasteiger partial charge in [0.2, 0.25) is 0 Å². The van der Waals surface area contributed by atoms with Crippen LogP contribution in [0.5, 0.6) is 5.75 Å². The van der Waals surface area contributed by atoms with Gasteiger partial charge in [-0.05, 0) is 45.2 Å². The van der Waals surface area contributed by atoms with Gasteiger partial charge in [0.1, 0.15) is 11.4 Å². The Morgan fingerprint density at radius 1 is 1.22 bits per heavy atom. The van der Waals surface area contributed by atoms with Crippen LogP contribution in [0.3, 0.4) is 0 Å². The van der Waals surface area contributed by atoms with Gasteiger partial charge in [-0.1, -0.05) is 6.07 Å². The van der Waals surface area contributed by atoms with Crippen LogP contribution in [0.4, 0.5) is 10.5 Å². The number of piperazine rings is 1. The molecule has 0 aliphatic carbocycles. The number of methoxy groups -OCH3 is 1. The Bertz CT molecular complexity index is 828. The van der Waals surface area contributed by atoms with Crippen molar-refractivity contribution in [2.75, 3.05) is 57.8 Å². The molecule has 0 saturated carbocycles. The van der Waals surface area contributed by atoms with Gasteiger partial charge in [-0.25, -0.2) is 4.79 Å². The molecular weight excluding hydrogens is 521 g/mol. The van der Waals surface area contributed by atoms with E-state index in [1.807, 2.05) is 37.8 Å². The molecule has 1 amide bonds. The zero-order valence-corrected chi connectivity index (χ0v) is 21.9. The van der Waals surface area contributed by atoms with Crippen molar-refractivity contribution in [3.05, 3.63) is 24.3 Å². The number of carbonyl (C=O) groups excluding carboxylic acids is 1. The van der Waals surface area contributed by atoms with Crippen molar-refractivity contribution in [2.24, 2.45) is 10.9 Å². The van der Waals surface area contributed by atoms with E-state index in [2.05, 4.69) is 27.2 Å². The second kappa shape index (κ2) is 10.4. The van der Waals surface area contributed by atoms with Gasteiger partial charge in [0.15, 0.2) is 5.96 Å². The third kappa shape index (κ3) is 5.90. The summed E-state index contributed by atoms with van der Waals surface area (Å²) in [4.78, 5) is 23.7. The molecule has 2 atom stereocenters. The molecule has 2 saturated heterocycles. The van der Waals surface area contributed by atoms with Crippen molar-refractivity contribution < 1.29 is 14.3 Å². The van der Waals surface area contributed by atoms with E-state index in [-0.39, 0.29) is 36.1 Å². The summed E-state index contributed by atoms with van der Waals surface area (Å²) in [5, 5.41) is 3.59. The standard InChI is InChI=1S/C23H35N5O3.HI/c1-23(2,3)31-22(29)27-10-11-28-19(16-27)14-25-21(28)24-13-17-8-9-26(15-17)18-6-5-7-20(12-18)30-4;/h5-7,12,17,19H,8-11,13-16H2,1-4H3,(H,24,25);1H. The number of benzene rings is 1. The van der Waals surface area contributed by atoms with Gasteiger partial charge in [-0.3, -0.25) is 4.99 Å². The first kappa shape index (κ1) is 24.7. The third-order valence-corrected chi connectivity index (χ3v) is 6.11. The molecule has 0 spiro atoms. The highest BCUT2D eigenvalue weighted by Gasteiger charge is 2.36. The van der Waals surface area contributed by atoms with Gasteiger partial charge < -0.3 is 29.5 Å². The average molecular weight is 557 g/mol. The summed E-state index contributed by atoms with van der Waals surface area (Å²) in [6.45, 7) is 11.6. The smallest absolute Gasteiger partial charge is 0.410 e. The number of nitrogens with one attached hydrogen (secondary N) is 1. The number of rotatable bonds is 4. The van der Waals surface area contributed by atoms with Crippen molar-refractivity contribution >= 4 is 41.7 Å². The fraction of sp³-hybridized carbons (Fsp3) is 0.652. The minimum atomic E-state index is -0.465. The SMILES string of the molecule is COc1cccc(N2CCC(CNC3=NCC4CN(C(=O)OC(C)(C)C)CCN34)C2)c1.I. The van der Waals surface area contributed by atoms with E-state index in [4.69, 9.17) is 14.5 Å². The quantitative estimate of drug-likeness (QED) is 0.575. The lowest BCUT2D eigenvalue weighted by Crippen LogP contribution is -2.57. The molecular formula is C23H36IN5O3. The molecule has 1 aromatic rings. The molecule has 32 heavy (non-hydrogen) atoms. The van der Waals surface area contributed by atoms with Crippen LogP contribution in [-0.4, -0.2) is 86.4 Å². The zero-order chi connectivity index (χ0) is 22.0. The maximum Gasteiger partial charge on any atom is 0.410 e. The second-order valence-electron chi connectivity index (χ2n) is 9.62. The number of nitrogens with zero attached hydrogens (tertiary/aromatic N) is 4. The lowest BCUT2D eigenvalue weighted by Gasteiger charge is -2.39. The number of hydrogen-bond acceptors (Lipinski definition) is 7. The van der Waals surface area contributed by atoms with Crippen LogP contribution in [0, 0.1) is 5.92 Å². The minimum absolute atomic E-state index is 0. The largest absolute Gasteiger partial charge is 0.497 e. The van der Waals surface area contributed by atoms with Crippen LogP contribution < -0.4 is 15.0 Å². The maximum atomic E-state index is 12.4. The summed E-state index contributed by atoms with van der Waals surface area (Å²) in [7, 11) is 1.71. The summed E-state index contributed by atoms with van der Waals surface area (Å²) < 4.78 is 10.9. The lowest BCUT2D eigenvalue weighted by molar-refractivity contribution is 0.0137. The summed E-state index contributed by atoms with van der Waals surface area (Å²) in [6.07, 6.45) is 0.935. The number of carbonyl (C=O) groups is 1. The Morgan fingerprint density at radius 2 is 2.03 bits per heavy atom. The van der Waals surface area contributed by atoms with Crippen LogP contribution in [0.25, 0.3) is 0 Å². The van der Waals surface area contributed by atoms with Gasteiger partial charge in [0.25, 0.3) is 0 Å². The molecule has 0 aromatic heterocycles. The average Bonchev–Trinajstić information content (AvgIpc) is 3.37. The number of hydrogen-bond donors (Lipinski definition) is 1. The molecule has 0 radical (unpaired) electrons. The van der Waals surface area contributed by atoms with Gasteiger partial charge in [0.05, 0.1) is 19.7 Å². The predicted octanol–water partition coefficient (Wildman–Crippen LogP) is 3.02. The molecule has 1 aromatic carbocycles. The van der Waals surface area contributed by atoms with Crippen molar-refractivity contribution in [1.29, 1.82) is 0 Å². The van der Waals surface area contributed by atoms with Crippen molar-refractivity contribution in [1.82, 2.24) is 15.1 Å².